The lowest BCUT2D eigenvalue weighted by Crippen LogP contribution is -2.40. The van der Waals surface area contributed by atoms with Crippen LogP contribution >= 0.6 is 0 Å². The maximum Gasteiger partial charge on any atom is 0.0728 e. The molecular formula is C16H28N2O2. The summed E-state index contributed by atoms with van der Waals surface area (Å²) in [5.41, 5.74) is 0.350. The molecule has 4 nitrogen and oxygen atoms in total. The fraction of sp³-hybridized carbons (Fsp3) is 0.812. The molecule has 1 aromatic rings. The van der Waals surface area contributed by atoms with Crippen molar-refractivity contribution >= 4 is 0 Å². The Morgan fingerprint density at radius 3 is 2.90 bits per heavy atom. The maximum absolute atomic E-state index is 10.8. The molecule has 1 aliphatic carbocycles. The van der Waals surface area contributed by atoms with Crippen molar-refractivity contribution in [2.45, 2.75) is 76.5 Å². The van der Waals surface area contributed by atoms with Crippen LogP contribution in [0.15, 0.2) is 12.3 Å². The van der Waals surface area contributed by atoms with E-state index in [0.29, 0.717) is 12.5 Å². The Kier molecular flexibility index (Phi) is 5.22. The van der Waals surface area contributed by atoms with Gasteiger partial charge >= 0.3 is 0 Å². The lowest BCUT2D eigenvalue weighted by molar-refractivity contribution is -0.0586. The minimum Gasteiger partial charge on any atom is -0.389 e. The van der Waals surface area contributed by atoms with Gasteiger partial charge in [-0.1, -0.05) is 13.8 Å². The van der Waals surface area contributed by atoms with E-state index in [-0.39, 0.29) is 6.10 Å². The topological polar surface area (TPSA) is 47.3 Å². The highest BCUT2D eigenvalue weighted by Crippen LogP contribution is 2.32. The third kappa shape index (κ3) is 3.61. The molecule has 0 aliphatic heterocycles. The molecule has 1 heterocycles. The summed E-state index contributed by atoms with van der Waals surface area (Å²) in [7, 11) is 1.73. The van der Waals surface area contributed by atoms with Crippen LogP contribution in [-0.2, 0) is 11.2 Å². The molecule has 0 amide bonds. The molecule has 0 radical (unpaired) electrons. The van der Waals surface area contributed by atoms with E-state index in [1.165, 1.54) is 0 Å². The number of nitrogens with zero attached hydrogens (tertiary/aromatic N) is 2. The van der Waals surface area contributed by atoms with Crippen molar-refractivity contribution < 1.29 is 9.84 Å². The van der Waals surface area contributed by atoms with Crippen molar-refractivity contribution in [3.05, 3.63) is 18.0 Å². The van der Waals surface area contributed by atoms with E-state index in [0.717, 1.165) is 44.2 Å². The zero-order chi connectivity index (χ0) is 14.6. The molecule has 2 atom stereocenters. The summed E-state index contributed by atoms with van der Waals surface area (Å²) in [6.07, 6.45) is 8.72. The first-order valence-electron chi connectivity index (χ1n) is 7.89. The van der Waals surface area contributed by atoms with Crippen molar-refractivity contribution in [1.82, 2.24) is 9.78 Å². The predicted octanol–water partition coefficient (Wildman–Crippen LogP) is 3.11. The average Bonchev–Trinajstić information content (AvgIpc) is 2.87. The van der Waals surface area contributed by atoms with Gasteiger partial charge < -0.3 is 9.84 Å². The number of hydrogen-bond donors (Lipinski definition) is 1. The van der Waals surface area contributed by atoms with Crippen molar-refractivity contribution in [1.29, 1.82) is 0 Å². The lowest BCUT2D eigenvalue weighted by atomic mass is 9.80. The first-order chi connectivity index (χ1) is 9.60. The molecule has 1 aromatic heterocycles. The molecule has 1 saturated carbocycles. The van der Waals surface area contributed by atoms with Crippen LogP contribution in [-0.4, -0.2) is 33.7 Å². The second kappa shape index (κ2) is 6.72. The quantitative estimate of drug-likeness (QED) is 0.871. The van der Waals surface area contributed by atoms with E-state index < -0.39 is 5.60 Å². The molecule has 4 heteroatoms. The monoisotopic (exact) mass is 280 g/mol. The number of ether oxygens (including phenoxy) is 1. The number of aliphatic hydroxyl groups is 1. The summed E-state index contributed by atoms with van der Waals surface area (Å²) in [5, 5.41) is 15.4. The van der Waals surface area contributed by atoms with E-state index >= 15 is 0 Å². The molecule has 1 fully saturated rings. The van der Waals surface area contributed by atoms with Gasteiger partial charge in [-0.2, -0.15) is 5.10 Å². The van der Waals surface area contributed by atoms with Gasteiger partial charge in [-0.3, -0.25) is 4.68 Å². The van der Waals surface area contributed by atoms with Gasteiger partial charge in [-0.15, -0.1) is 0 Å². The van der Waals surface area contributed by atoms with E-state index in [9.17, 15) is 5.11 Å². The van der Waals surface area contributed by atoms with Crippen LogP contribution in [0.2, 0.25) is 0 Å². The van der Waals surface area contributed by atoms with Crippen LogP contribution in [0.5, 0.6) is 0 Å². The van der Waals surface area contributed by atoms with Crippen LogP contribution in [0, 0.1) is 0 Å². The Morgan fingerprint density at radius 2 is 2.25 bits per heavy atom. The van der Waals surface area contributed by atoms with E-state index in [4.69, 9.17) is 4.74 Å². The summed E-state index contributed by atoms with van der Waals surface area (Å²) in [6, 6.07) is 2.52. The minimum absolute atomic E-state index is 0.190. The number of rotatable bonds is 6. The Bertz CT molecular complexity index is 414. The van der Waals surface area contributed by atoms with Gasteiger partial charge in [0.25, 0.3) is 0 Å². The molecule has 0 spiro atoms. The van der Waals surface area contributed by atoms with Gasteiger partial charge in [-0.05, 0) is 38.2 Å². The van der Waals surface area contributed by atoms with Crippen LogP contribution in [0.1, 0.15) is 64.1 Å². The molecular weight excluding hydrogens is 252 g/mol. The third-order valence-corrected chi connectivity index (χ3v) is 4.60. The second-order valence-corrected chi connectivity index (χ2v) is 6.11. The SMILES string of the molecule is CCC(CC)n1ccc(CC2(O)CCCC(OC)C2)n1. The smallest absolute Gasteiger partial charge is 0.0728 e. The first kappa shape index (κ1) is 15.5. The normalized spacial score (nSPS) is 27.1. The highest BCUT2D eigenvalue weighted by Gasteiger charge is 2.35. The van der Waals surface area contributed by atoms with Crippen molar-refractivity contribution in [3.8, 4) is 0 Å². The highest BCUT2D eigenvalue weighted by atomic mass is 16.5. The van der Waals surface area contributed by atoms with Crippen molar-refractivity contribution in [2.24, 2.45) is 0 Å². The van der Waals surface area contributed by atoms with Crippen molar-refractivity contribution in [3.63, 3.8) is 0 Å². The second-order valence-electron chi connectivity index (χ2n) is 6.11. The van der Waals surface area contributed by atoms with Gasteiger partial charge in [0, 0.05) is 26.1 Å². The Hall–Kier alpha value is -0.870. The Balaban J connectivity index is 2.02. The third-order valence-electron chi connectivity index (χ3n) is 4.60. The van der Waals surface area contributed by atoms with Crippen LogP contribution < -0.4 is 0 Å². The molecule has 0 bridgehead atoms. The summed E-state index contributed by atoms with van der Waals surface area (Å²) in [4.78, 5) is 0. The van der Waals surface area contributed by atoms with Gasteiger partial charge in [0.05, 0.1) is 23.4 Å². The number of methoxy groups -OCH3 is 1. The fourth-order valence-corrected chi connectivity index (χ4v) is 3.32. The van der Waals surface area contributed by atoms with Crippen LogP contribution in [0.4, 0.5) is 0 Å². The van der Waals surface area contributed by atoms with Gasteiger partial charge in [-0.25, -0.2) is 0 Å². The molecule has 2 rings (SSSR count). The summed E-state index contributed by atoms with van der Waals surface area (Å²) >= 11 is 0. The first-order valence-corrected chi connectivity index (χ1v) is 7.89. The number of hydrogen-bond acceptors (Lipinski definition) is 3. The molecule has 1 N–H and O–H groups in total. The van der Waals surface area contributed by atoms with Crippen molar-refractivity contribution in [2.75, 3.05) is 7.11 Å². The number of aromatic nitrogens is 2. The van der Waals surface area contributed by atoms with Crippen LogP contribution in [0.3, 0.4) is 0 Å². The molecule has 1 aliphatic rings. The zero-order valence-corrected chi connectivity index (χ0v) is 13.0. The molecule has 2 unspecified atom stereocenters. The Morgan fingerprint density at radius 1 is 1.50 bits per heavy atom. The van der Waals surface area contributed by atoms with E-state index in [1.54, 1.807) is 7.11 Å². The molecule has 0 aromatic carbocycles. The maximum atomic E-state index is 10.8. The molecule has 114 valence electrons. The summed E-state index contributed by atoms with van der Waals surface area (Å²) in [6.45, 7) is 4.38. The lowest BCUT2D eigenvalue weighted by Gasteiger charge is -2.35. The molecule has 0 saturated heterocycles. The minimum atomic E-state index is -0.647. The van der Waals surface area contributed by atoms with Crippen LogP contribution in [0.25, 0.3) is 0 Å². The fourth-order valence-electron chi connectivity index (χ4n) is 3.32. The van der Waals surface area contributed by atoms with E-state index in [2.05, 4.69) is 23.6 Å². The van der Waals surface area contributed by atoms with Gasteiger partial charge in [0.2, 0.25) is 0 Å². The van der Waals surface area contributed by atoms with Gasteiger partial charge in [0.15, 0.2) is 0 Å². The largest absolute Gasteiger partial charge is 0.389 e. The summed E-state index contributed by atoms with van der Waals surface area (Å²) in [5.74, 6) is 0. The van der Waals surface area contributed by atoms with Gasteiger partial charge in [0.1, 0.15) is 0 Å². The molecule has 20 heavy (non-hydrogen) atoms. The predicted molar refractivity (Wildman–Crippen MR) is 79.8 cm³/mol. The zero-order valence-electron chi connectivity index (χ0n) is 13.0. The Labute approximate surface area is 122 Å². The summed E-state index contributed by atoms with van der Waals surface area (Å²) < 4.78 is 7.47. The standard InChI is InChI=1S/C16H28N2O2/c1-4-14(5-2)18-10-8-13(17-18)11-16(19)9-6-7-15(12-16)20-3/h8,10,14-15,19H,4-7,9,11-12H2,1-3H3. The van der Waals surface area contributed by atoms with E-state index in [1.807, 2.05) is 12.3 Å². The highest BCUT2D eigenvalue weighted by molar-refractivity contribution is 5.06. The average molecular weight is 280 g/mol.